The molecule has 0 amide bonds. The van der Waals surface area contributed by atoms with Crippen LogP contribution in [0.1, 0.15) is 0 Å². The summed E-state index contributed by atoms with van der Waals surface area (Å²) < 4.78 is 0. The van der Waals surface area contributed by atoms with Gasteiger partial charge in [0.15, 0.2) is 0 Å². The van der Waals surface area contributed by atoms with Gasteiger partial charge in [0.2, 0.25) is 0 Å². The second-order valence-electron chi connectivity index (χ2n) is 0.714. The third kappa shape index (κ3) is 82.7. The van der Waals surface area contributed by atoms with Gasteiger partial charge in [-0.1, -0.05) is 0 Å². The van der Waals surface area contributed by atoms with Crippen LogP contribution in [-0.2, 0) is 6.48 Å². The molecular formula is H4Cl6NRh+. The van der Waals surface area contributed by atoms with Gasteiger partial charge in [0.1, 0.15) is 0 Å². The Labute approximate surface area is 70.0 Å². The molecule has 0 aromatic carbocycles. The van der Waals surface area contributed by atoms with Crippen LogP contribution < -0.4 is 6.15 Å². The van der Waals surface area contributed by atoms with Gasteiger partial charge in [0.05, 0.1) is 0 Å². The van der Waals surface area contributed by atoms with Crippen LogP contribution in [0.25, 0.3) is 0 Å². The van der Waals surface area contributed by atoms with Crippen molar-refractivity contribution in [2.45, 2.75) is 0 Å². The molecule has 0 unspecified atom stereocenters. The van der Waals surface area contributed by atoms with Crippen molar-refractivity contribution >= 4 is 58.1 Å². The molecule has 0 aliphatic rings. The molecule has 8 heteroatoms. The first kappa shape index (κ1) is 13.0. The van der Waals surface area contributed by atoms with Crippen molar-refractivity contribution in [1.29, 1.82) is 0 Å². The van der Waals surface area contributed by atoms with E-state index in [0.29, 0.717) is 0 Å². The first-order chi connectivity index (χ1) is 2.45. The van der Waals surface area contributed by atoms with Gasteiger partial charge in [0.25, 0.3) is 0 Å². The Morgan fingerprint density at radius 1 is 0.625 bits per heavy atom. The van der Waals surface area contributed by atoms with Crippen molar-refractivity contribution in [3.8, 4) is 0 Å². The molecule has 1 nitrogen and oxygen atoms in total. The summed E-state index contributed by atoms with van der Waals surface area (Å²) in [6.07, 6.45) is 0. The van der Waals surface area contributed by atoms with E-state index in [2.05, 4.69) is 0 Å². The molecule has 0 aliphatic heterocycles. The van der Waals surface area contributed by atoms with Crippen LogP contribution in [0.15, 0.2) is 0 Å². The monoisotopic (exact) mass is 331 g/mol. The predicted molar refractivity (Wildman–Crippen MR) is 41.1 cm³/mol. The maximum absolute atomic E-state index is 5.15. The van der Waals surface area contributed by atoms with Gasteiger partial charge >= 0.3 is 64.6 Å². The molecule has 0 saturated carbocycles. The Morgan fingerprint density at radius 3 is 0.625 bits per heavy atom. The van der Waals surface area contributed by atoms with Gasteiger partial charge in [-0.3, -0.25) is 0 Å². The topological polar surface area (TPSA) is 36.5 Å². The molecule has 0 aromatic rings. The average Bonchev–Trinajstić information content (AvgIpc) is 0.592. The zero-order chi connectivity index (χ0) is 6.41. The Hall–Kier alpha value is 2.32. The van der Waals surface area contributed by atoms with E-state index in [1.807, 2.05) is 0 Å². The second-order valence-corrected chi connectivity index (χ2v) is 38.0. The maximum Gasteiger partial charge on any atom is -0.369 e. The standard InChI is InChI=1S/6ClH.H3N.Rh/h6*1H;1H3;/q;;;;;;;+6/p-5. The third-order valence-corrected chi connectivity index (χ3v) is 0. The number of hydrogen-bond acceptors (Lipinski definition) is 0. The fourth-order valence-corrected chi connectivity index (χ4v) is 0. The molecule has 0 atom stereocenters. The summed E-state index contributed by atoms with van der Waals surface area (Å²) in [6.45, 7) is -5.15. The van der Waals surface area contributed by atoms with E-state index in [4.69, 9.17) is 58.1 Å². The molecule has 0 rings (SSSR count). The third-order valence-electron chi connectivity index (χ3n) is 0. The molecule has 59 valence electrons. The predicted octanol–water partition coefficient (Wildman–Crippen LogP) is 4.51. The Bertz CT molecular complexity index is 67.1. The van der Waals surface area contributed by atoms with Crippen LogP contribution in [0.4, 0.5) is 0 Å². The summed E-state index contributed by atoms with van der Waals surface area (Å²) in [5.74, 6) is 0. The Balaban J connectivity index is 0. The van der Waals surface area contributed by atoms with E-state index in [0.717, 1.165) is 0 Å². The fourth-order valence-electron chi connectivity index (χ4n) is 0. The van der Waals surface area contributed by atoms with Crippen LogP contribution in [0.2, 0.25) is 0 Å². The van der Waals surface area contributed by atoms with Crippen molar-refractivity contribution in [1.82, 2.24) is 6.15 Å². The van der Waals surface area contributed by atoms with Crippen LogP contribution >= 0.6 is 58.1 Å². The SMILES string of the molecule is [Cl][Rh]([Cl])([Cl])([Cl])([Cl])[Cl].[NH4+]. The van der Waals surface area contributed by atoms with E-state index in [-0.39, 0.29) is 6.15 Å². The number of hydrogen-bond donors (Lipinski definition) is 1. The molecule has 0 heterocycles. The smallest absolute Gasteiger partial charge is 0.369 e. The molecule has 0 aliphatic carbocycles. The molecule has 4 N–H and O–H groups in total. The zero-order valence-corrected chi connectivity index (χ0v) is 9.78. The summed E-state index contributed by atoms with van der Waals surface area (Å²) in [6, 6.07) is 0. The van der Waals surface area contributed by atoms with Gasteiger partial charge in [-0.25, -0.2) is 0 Å². The second kappa shape index (κ2) is 2.15. The van der Waals surface area contributed by atoms with Crippen molar-refractivity contribution in [3.05, 3.63) is 0 Å². The Morgan fingerprint density at radius 2 is 0.625 bits per heavy atom. The van der Waals surface area contributed by atoms with E-state index >= 15 is 0 Å². The number of halogens is 6. The number of rotatable bonds is 0. The molecule has 8 heavy (non-hydrogen) atoms. The molecule has 0 fully saturated rings. The summed E-state index contributed by atoms with van der Waals surface area (Å²) in [5, 5.41) is 0. The number of quaternary nitrogens is 1. The van der Waals surface area contributed by atoms with E-state index < -0.39 is 6.48 Å². The Kier molecular flexibility index (Phi) is 3.48. The first-order valence-electron chi connectivity index (χ1n) is 0.756. The molecule has 0 saturated heterocycles. The minimum atomic E-state index is -5.15. The van der Waals surface area contributed by atoms with E-state index in [1.54, 1.807) is 0 Å². The molecule has 0 radical (unpaired) electrons. The van der Waals surface area contributed by atoms with Crippen molar-refractivity contribution in [2.75, 3.05) is 0 Å². The van der Waals surface area contributed by atoms with Gasteiger partial charge in [-0.15, -0.1) is 0 Å². The van der Waals surface area contributed by atoms with Gasteiger partial charge in [0, 0.05) is 0 Å². The molecule has 0 aromatic heterocycles. The van der Waals surface area contributed by atoms with Crippen LogP contribution in [0.3, 0.4) is 0 Å². The van der Waals surface area contributed by atoms with E-state index in [9.17, 15) is 0 Å². The normalized spacial score (nSPS) is 20.2. The van der Waals surface area contributed by atoms with Gasteiger partial charge in [-0.05, 0) is 0 Å². The van der Waals surface area contributed by atoms with E-state index in [1.165, 1.54) is 0 Å². The first-order valence-corrected chi connectivity index (χ1v) is 13.4. The van der Waals surface area contributed by atoms with Crippen molar-refractivity contribution in [3.63, 3.8) is 0 Å². The van der Waals surface area contributed by atoms with Crippen molar-refractivity contribution < 1.29 is 6.48 Å². The van der Waals surface area contributed by atoms with Crippen LogP contribution in [0.5, 0.6) is 0 Å². The maximum atomic E-state index is 5.04. The fraction of sp³-hybridized carbons (Fsp3) is 0. The van der Waals surface area contributed by atoms with Crippen LogP contribution in [-0.4, -0.2) is 0 Å². The minimum absolute atomic E-state index is 0. The largest absolute Gasteiger partial charge is 0.369 e. The molecular weight excluding hydrogens is 330 g/mol. The molecule has 0 bridgehead atoms. The average molecular weight is 334 g/mol. The van der Waals surface area contributed by atoms with Gasteiger partial charge < -0.3 is 6.15 Å². The van der Waals surface area contributed by atoms with Crippen molar-refractivity contribution in [2.24, 2.45) is 0 Å². The zero-order valence-electron chi connectivity index (χ0n) is 3.60. The molecule has 0 spiro atoms. The summed E-state index contributed by atoms with van der Waals surface area (Å²) in [4.78, 5) is 0. The summed E-state index contributed by atoms with van der Waals surface area (Å²) >= 11 is 0. The summed E-state index contributed by atoms with van der Waals surface area (Å²) in [7, 11) is 30.2. The van der Waals surface area contributed by atoms with Gasteiger partial charge in [-0.2, -0.15) is 0 Å². The quantitative estimate of drug-likeness (QED) is 0.633. The van der Waals surface area contributed by atoms with Crippen LogP contribution in [0, 0.1) is 0 Å². The minimum Gasteiger partial charge on any atom is -0.369 e. The summed E-state index contributed by atoms with van der Waals surface area (Å²) in [5.41, 5.74) is 0.